The van der Waals surface area contributed by atoms with Crippen molar-refractivity contribution in [1.82, 2.24) is 5.32 Å². The van der Waals surface area contributed by atoms with Crippen LogP contribution in [0.1, 0.15) is 23.7 Å². The maximum atomic E-state index is 12.1. The van der Waals surface area contributed by atoms with Crippen LogP contribution in [0.25, 0.3) is 0 Å². The number of nitro benzene ring substituents is 1. The Labute approximate surface area is 154 Å². The molecule has 26 heavy (non-hydrogen) atoms. The zero-order valence-corrected chi connectivity index (χ0v) is 14.6. The molecule has 0 aromatic heterocycles. The van der Waals surface area contributed by atoms with Gasteiger partial charge in [-0.15, -0.1) is 0 Å². The van der Waals surface area contributed by atoms with E-state index in [0.717, 1.165) is 0 Å². The lowest BCUT2D eigenvalue weighted by Crippen LogP contribution is -2.34. The van der Waals surface area contributed by atoms with Gasteiger partial charge in [0.25, 0.3) is 11.6 Å². The van der Waals surface area contributed by atoms with Crippen molar-refractivity contribution < 1.29 is 14.5 Å². The number of hydrogen-bond donors (Lipinski definition) is 3. The molecule has 0 saturated heterocycles. The number of nitrogens with one attached hydrogen (secondary N) is 3. The fourth-order valence-corrected chi connectivity index (χ4v) is 2.21. The molecule has 134 valence electrons. The van der Waals surface area contributed by atoms with Crippen molar-refractivity contribution >= 4 is 46.2 Å². The topological polar surface area (TPSA) is 113 Å². The Kier molecular flexibility index (Phi) is 6.34. The zero-order chi connectivity index (χ0) is 19.1. The highest BCUT2D eigenvalue weighted by molar-refractivity contribution is 7.80. The van der Waals surface area contributed by atoms with Gasteiger partial charge in [0.05, 0.1) is 4.92 Å². The maximum Gasteiger partial charge on any atom is 0.269 e. The van der Waals surface area contributed by atoms with E-state index in [0.29, 0.717) is 17.8 Å². The van der Waals surface area contributed by atoms with Gasteiger partial charge in [-0.25, -0.2) is 0 Å². The Morgan fingerprint density at radius 3 is 2.27 bits per heavy atom. The number of amides is 2. The SMILES string of the molecule is CCC(=O)Nc1cccc(NC(=S)NC(=O)c2ccc([N+](=O)[O-])cc2)c1. The summed E-state index contributed by atoms with van der Waals surface area (Å²) < 4.78 is 0. The van der Waals surface area contributed by atoms with Crippen LogP contribution >= 0.6 is 12.2 Å². The van der Waals surface area contributed by atoms with E-state index in [4.69, 9.17) is 12.2 Å². The molecule has 3 N–H and O–H groups in total. The quantitative estimate of drug-likeness (QED) is 0.422. The monoisotopic (exact) mass is 372 g/mol. The van der Waals surface area contributed by atoms with Crippen molar-refractivity contribution in [2.24, 2.45) is 0 Å². The molecule has 2 aromatic carbocycles. The minimum Gasteiger partial charge on any atom is -0.332 e. The molecule has 0 saturated carbocycles. The molecule has 2 rings (SSSR count). The maximum absolute atomic E-state index is 12.1. The van der Waals surface area contributed by atoms with Crippen LogP contribution in [0.5, 0.6) is 0 Å². The third-order valence-electron chi connectivity index (χ3n) is 3.29. The minimum absolute atomic E-state index is 0.0623. The third kappa shape index (κ3) is 5.35. The molecule has 2 aromatic rings. The summed E-state index contributed by atoms with van der Waals surface area (Å²) in [6.45, 7) is 1.75. The lowest BCUT2D eigenvalue weighted by Gasteiger charge is -2.11. The summed E-state index contributed by atoms with van der Waals surface area (Å²) >= 11 is 5.09. The van der Waals surface area contributed by atoms with E-state index in [2.05, 4.69) is 16.0 Å². The summed E-state index contributed by atoms with van der Waals surface area (Å²) in [4.78, 5) is 33.6. The minimum atomic E-state index is -0.543. The number of hydrogen-bond acceptors (Lipinski definition) is 5. The van der Waals surface area contributed by atoms with Crippen LogP contribution in [-0.2, 0) is 4.79 Å². The largest absolute Gasteiger partial charge is 0.332 e. The van der Waals surface area contributed by atoms with Crippen molar-refractivity contribution in [1.29, 1.82) is 0 Å². The first-order valence-electron chi connectivity index (χ1n) is 7.65. The molecule has 0 aliphatic carbocycles. The van der Waals surface area contributed by atoms with Crippen LogP contribution in [0.2, 0.25) is 0 Å². The number of carbonyl (C=O) groups excluding carboxylic acids is 2. The molecule has 0 fully saturated rings. The van der Waals surface area contributed by atoms with Gasteiger partial charge in [0, 0.05) is 35.5 Å². The molecule has 0 radical (unpaired) electrons. The summed E-state index contributed by atoms with van der Waals surface area (Å²) in [6, 6.07) is 12.0. The van der Waals surface area contributed by atoms with E-state index in [1.807, 2.05) is 0 Å². The van der Waals surface area contributed by atoms with E-state index in [-0.39, 0.29) is 22.3 Å². The van der Waals surface area contributed by atoms with Gasteiger partial charge in [-0.2, -0.15) is 0 Å². The third-order valence-corrected chi connectivity index (χ3v) is 3.50. The number of non-ortho nitro benzene ring substituents is 1. The van der Waals surface area contributed by atoms with Crippen LogP contribution in [-0.4, -0.2) is 21.9 Å². The van der Waals surface area contributed by atoms with Crippen LogP contribution in [0.3, 0.4) is 0 Å². The number of nitrogens with zero attached hydrogens (tertiary/aromatic N) is 1. The number of benzene rings is 2. The van der Waals surface area contributed by atoms with Crippen molar-refractivity contribution in [3.05, 3.63) is 64.2 Å². The highest BCUT2D eigenvalue weighted by atomic mass is 32.1. The summed E-state index contributed by atoms with van der Waals surface area (Å²) in [5.41, 5.74) is 1.33. The van der Waals surface area contributed by atoms with Crippen LogP contribution in [0, 0.1) is 10.1 Å². The molecule has 0 heterocycles. The van der Waals surface area contributed by atoms with Crippen molar-refractivity contribution in [3.63, 3.8) is 0 Å². The highest BCUT2D eigenvalue weighted by Gasteiger charge is 2.11. The van der Waals surface area contributed by atoms with Crippen LogP contribution < -0.4 is 16.0 Å². The van der Waals surface area contributed by atoms with Crippen molar-refractivity contribution in [2.45, 2.75) is 13.3 Å². The first-order valence-corrected chi connectivity index (χ1v) is 8.06. The Balaban J connectivity index is 1.97. The van der Waals surface area contributed by atoms with Crippen molar-refractivity contribution in [3.8, 4) is 0 Å². The van der Waals surface area contributed by atoms with E-state index >= 15 is 0 Å². The van der Waals surface area contributed by atoms with E-state index in [9.17, 15) is 19.7 Å². The number of carbonyl (C=O) groups is 2. The van der Waals surface area contributed by atoms with Gasteiger partial charge in [-0.3, -0.25) is 25.0 Å². The van der Waals surface area contributed by atoms with Gasteiger partial charge in [0.15, 0.2) is 5.11 Å². The van der Waals surface area contributed by atoms with Gasteiger partial charge in [0.1, 0.15) is 0 Å². The standard InChI is InChI=1S/C17H16N4O4S/c1-2-15(22)18-12-4-3-5-13(10-12)19-17(26)20-16(23)11-6-8-14(9-7-11)21(24)25/h3-10H,2H2,1H3,(H,18,22)(H2,19,20,23,26). The lowest BCUT2D eigenvalue weighted by atomic mass is 10.2. The molecule has 9 heteroatoms. The number of thiocarbonyl (C=S) groups is 1. The summed E-state index contributed by atoms with van der Waals surface area (Å²) in [7, 11) is 0. The van der Waals surface area contributed by atoms with Crippen LogP contribution in [0.15, 0.2) is 48.5 Å². The summed E-state index contributed by atoms with van der Waals surface area (Å²) in [5, 5.41) is 18.7. The second-order valence-electron chi connectivity index (χ2n) is 5.19. The molecule has 0 aliphatic heterocycles. The summed E-state index contributed by atoms with van der Waals surface area (Å²) in [6.07, 6.45) is 0.362. The van der Waals surface area contributed by atoms with Crippen molar-refractivity contribution in [2.75, 3.05) is 10.6 Å². The molecule has 0 spiro atoms. The molecule has 0 bridgehead atoms. The van der Waals surface area contributed by atoms with E-state index < -0.39 is 10.8 Å². The van der Waals surface area contributed by atoms with Gasteiger partial charge in [-0.1, -0.05) is 13.0 Å². The highest BCUT2D eigenvalue weighted by Crippen LogP contribution is 2.15. The average molecular weight is 372 g/mol. The second-order valence-corrected chi connectivity index (χ2v) is 5.60. The predicted octanol–water partition coefficient (Wildman–Crippen LogP) is 3.07. The fourth-order valence-electron chi connectivity index (χ4n) is 2.00. The smallest absolute Gasteiger partial charge is 0.269 e. The normalized spacial score (nSPS) is 9.88. The molecular weight excluding hydrogens is 356 g/mol. The molecule has 2 amide bonds. The lowest BCUT2D eigenvalue weighted by molar-refractivity contribution is -0.384. The zero-order valence-electron chi connectivity index (χ0n) is 13.8. The second kappa shape index (κ2) is 8.67. The predicted molar refractivity (Wildman–Crippen MR) is 102 cm³/mol. The molecular formula is C17H16N4O4S. The summed E-state index contributed by atoms with van der Waals surface area (Å²) in [5.74, 6) is -0.607. The Bertz CT molecular complexity index is 852. The van der Waals surface area contributed by atoms with Gasteiger partial charge in [0.2, 0.25) is 5.91 Å². The fraction of sp³-hybridized carbons (Fsp3) is 0.118. The number of anilines is 2. The van der Waals surface area contributed by atoms with Gasteiger partial charge >= 0.3 is 0 Å². The molecule has 0 aliphatic rings. The Morgan fingerprint density at radius 1 is 1.08 bits per heavy atom. The van der Waals surface area contributed by atoms with E-state index in [1.165, 1.54) is 24.3 Å². The molecule has 8 nitrogen and oxygen atoms in total. The number of rotatable bonds is 5. The Morgan fingerprint density at radius 2 is 1.69 bits per heavy atom. The first kappa shape index (κ1) is 19.0. The molecule has 0 unspecified atom stereocenters. The van der Waals surface area contributed by atoms with Gasteiger partial charge < -0.3 is 10.6 Å². The Hall–Kier alpha value is -3.33. The first-order chi connectivity index (χ1) is 12.4. The number of nitro groups is 1. The van der Waals surface area contributed by atoms with Crippen LogP contribution in [0.4, 0.5) is 17.1 Å². The molecule has 0 atom stereocenters. The van der Waals surface area contributed by atoms with E-state index in [1.54, 1.807) is 31.2 Å². The average Bonchev–Trinajstić information content (AvgIpc) is 2.61. The van der Waals surface area contributed by atoms with Gasteiger partial charge in [-0.05, 0) is 42.5 Å².